The molecule has 2 nitrogen and oxygen atoms in total. The summed E-state index contributed by atoms with van der Waals surface area (Å²) in [6.45, 7) is 0. The smallest absolute Gasteiger partial charge is 0.311 e. The summed E-state index contributed by atoms with van der Waals surface area (Å²) in [6, 6.07) is 8.02. The summed E-state index contributed by atoms with van der Waals surface area (Å²) >= 11 is 0. The molecule has 1 aromatic rings. The Labute approximate surface area is 82.6 Å². The number of benzene rings is 1. The minimum atomic E-state index is -0.652. The molecule has 0 spiro atoms. The van der Waals surface area contributed by atoms with Crippen LogP contribution in [-0.4, -0.2) is 11.1 Å². The molecule has 14 heavy (non-hydrogen) atoms. The van der Waals surface area contributed by atoms with E-state index in [4.69, 9.17) is 0 Å². The van der Waals surface area contributed by atoms with Crippen LogP contribution >= 0.6 is 0 Å². The maximum absolute atomic E-state index is 11.2. The summed E-state index contributed by atoms with van der Waals surface area (Å²) in [4.78, 5) is 11.2. The minimum Gasteiger partial charge on any atom is -0.481 e. The number of hydrogen-bond acceptors (Lipinski definition) is 1. The first-order valence-corrected chi connectivity index (χ1v) is 5.09. The Bertz CT molecular complexity index is 391. The number of hydrogen-bond donors (Lipinski definition) is 1. The predicted octanol–water partition coefficient (Wildman–Crippen LogP) is 2.36. The molecule has 2 bridgehead atoms. The molecule has 0 aliphatic heterocycles. The summed E-state index contributed by atoms with van der Waals surface area (Å²) in [6.07, 6.45) is 2.15. The quantitative estimate of drug-likeness (QED) is 0.734. The molecule has 1 aromatic carbocycles. The van der Waals surface area contributed by atoms with Gasteiger partial charge in [-0.1, -0.05) is 24.3 Å². The highest BCUT2D eigenvalue weighted by Gasteiger charge is 2.46. The highest BCUT2D eigenvalue weighted by Crippen LogP contribution is 2.55. The number of carboxylic acids is 1. The van der Waals surface area contributed by atoms with Crippen molar-refractivity contribution in [3.8, 4) is 0 Å². The first-order valence-electron chi connectivity index (χ1n) is 5.09. The molecule has 3 aliphatic carbocycles. The second-order valence-corrected chi connectivity index (χ2v) is 4.37. The Morgan fingerprint density at radius 1 is 1.21 bits per heavy atom. The van der Waals surface area contributed by atoms with Crippen molar-refractivity contribution in [2.45, 2.75) is 24.7 Å². The number of rotatable bonds is 1. The van der Waals surface area contributed by atoms with E-state index in [2.05, 4.69) is 6.07 Å². The summed E-state index contributed by atoms with van der Waals surface area (Å²) < 4.78 is 0. The fourth-order valence-corrected chi connectivity index (χ4v) is 2.94. The molecule has 72 valence electrons. The van der Waals surface area contributed by atoms with Gasteiger partial charge in [0.05, 0.1) is 5.92 Å². The van der Waals surface area contributed by atoms with Gasteiger partial charge >= 0.3 is 5.97 Å². The molecule has 0 heterocycles. The second kappa shape index (κ2) is 2.59. The molecule has 2 heteroatoms. The monoisotopic (exact) mass is 188 g/mol. The topological polar surface area (TPSA) is 37.3 Å². The Morgan fingerprint density at radius 3 is 2.50 bits per heavy atom. The van der Waals surface area contributed by atoms with E-state index in [1.165, 1.54) is 5.56 Å². The van der Waals surface area contributed by atoms with Gasteiger partial charge in [0.2, 0.25) is 0 Å². The number of aliphatic carboxylic acids is 1. The lowest BCUT2D eigenvalue weighted by atomic mass is 9.57. The molecule has 3 aliphatic rings. The lowest BCUT2D eigenvalue weighted by Crippen LogP contribution is -2.38. The summed E-state index contributed by atoms with van der Waals surface area (Å²) in [5.74, 6) is 0.149. The molecule has 0 amide bonds. The maximum Gasteiger partial charge on any atom is 0.311 e. The van der Waals surface area contributed by atoms with E-state index in [1.807, 2.05) is 18.2 Å². The van der Waals surface area contributed by atoms with Gasteiger partial charge in [0.25, 0.3) is 0 Å². The van der Waals surface area contributed by atoms with Crippen LogP contribution in [0, 0.1) is 5.92 Å². The Hall–Kier alpha value is -1.31. The molecular formula is C12H12O2. The molecule has 1 fully saturated rings. The maximum atomic E-state index is 11.2. The lowest BCUT2D eigenvalue weighted by molar-refractivity contribution is -0.141. The Morgan fingerprint density at radius 2 is 1.86 bits per heavy atom. The van der Waals surface area contributed by atoms with E-state index >= 15 is 0 Å². The first-order chi connectivity index (χ1) is 6.77. The average Bonchev–Trinajstić information content (AvgIpc) is 2.14. The molecule has 0 radical (unpaired) electrons. The van der Waals surface area contributed by atoms with Gasteiger partial charge in [0.15, 0.2) is 0 Å². The van der Waals surface area contributed by atoms with E-state index in [-0.39, 0.29) is 5.92 Å². The highest BCUT2D eigenvalue weighted by atomic mass is 16.4. The van der Waals surface area contributed by atoms with E-state index in [9.17, 15) is 9.90 Å². The number of carboxylic acid groups (broad SMARTS) is 1. The van der Waals surface area contributed by atoms with Gasteiger partial charge in [-0.15, -0.1) is 0 Å². The lowest BCUT2D eigenvalue weighted by Gasteiger charge is -2.46. The number of carbonyl (C=O) groups is 1. The van der Waals surface area contributed by atoms with Gasteiger partial charge in [-0.2, -0.15) is 0 Å². The second-order valence-electron chi connectivity index (χ2n) is 4.37. The van der Waals surface area contributed by atoms with Crippen LogP contribution in [0.3, 0.4) is 0 Å². The molecule has 0 aromatic heterocycles. The van der Waals surface area contributed by atoms with Crippen LogP contribution in [0.1, 0.15) is 35.8 Å². The van der Waals surface area contributed by atoms with Crippen molar-refractivity contribution in [3.05, 3.63) is 35.4 Å². The van der Waals surface area contributed by atoms with E-state index in [0.29, 0.717) is 11.8 Å². The highest BCUT2D eigenvalue weighted by molar-refractivity contribution is 5.78. The van der Waals surface area contributed by atoms with Crippen molar-refractivity contribution in [2.75, 3.05) is 0 Å². The van der Waals surface area contributed by atoms with Gasteiger partial charge in [0, 0.05) is 0 Å². The van der Waals surface area contributed by atoms with Gasteiger partial charge in [-0.3, -0.25) is 4.79 Å². The van der Waals surface area contributed by atoms with Gasteiger partial charge < -0.3 is 5.11 Å². The molecule has 1 atom stereocenters. The first kappa shape index (κ1) is 8.04. The third-order valence-electron chi connectivity index (χ3n) is 3.68. The zero-order chi connectivity index (χ0) is 9.71. The Balaban J connectivity index is 2.14. The molecule has 1 saturated carbocycles. The van der Waals surface area contributed by atoms with E-state index in [0.717, 1.165) is 18.4 Å². The van der Waals surface area contributed by atoms with Gasteiger partial charge in [-0.05, 0) is 35.8 Å². The third-order valence-corrected chi connectivity index (χ3v) is 3.68. The predicted molar refractivity (Wildman–Crippen MR) is 52.3 cm³/mol. The van der Waals surface area contributed by atoms with E-state index in [1.54, 1.807) is 0 Å². The largest absolute Gasteiger partial charge is 0.481 e. The average molecular weight is 188 g/mol. The molecule has 1 N–H and O–H groups in total. The normalized spacial score (nSPS) is 33.0. The minimum absolute atomic E-state index is 0.240. The van der Waals surface area contributed by atoms with Crippen LogP contribution in [0.25, 0.3) is 0 Å². The molecular weight excluding hydrogens is 176 g/mol. The summed E-state index contributed by atoms with van der Waals surface area (Å²) in [7, 11) is 0. The fourth-order valence-electron chi connectivity index (χ4n) is 2.94. The zero-order valence-corrected chi connectivity index (χ0v) is 7.81. The summed E-state index contributed by atoms with van der Waals surface area (Å²) in [5.41, 5.74) is 2.34. The SMILES string of the molecule is O=C(O)C1c2ccccc2C2CC1C2. The third kappa shape index (κ3) is 0.884. The van der Waals surface area contributed by atoms with Crippen LogP contribution in [0.5, 0.6) is 0 Å². The summed E-state index contributed by atoms with van der Waals surface area (Å²) in [5, 5.41) is 9.18. The van der Waals surface area contributed by atoms with Gasteiger partial charge in [-0.25, -0.2) is 0 Å². The van der Waals surface area contributed by atoms with Gasteiger partial charge in [0.1, 0.15) is 0 Å². The molecule has 4 rings (SSSR count). The molecule has 0 saturated heterocycles. The molecule has 1 unspecified atom stereocenters. The van der Waals surface area contributed by atoms with Crippen molar-refractivity contribution in [2.24, 2.45) is 5.92 Å². The standard InChI is InChI=1S/C12H12O2/c13-12(14)11-8-5-7(6-8)9-3-1-2-4-10(9)11/h1-4,7-8,11H,5-6H2,(H,13,14). The van der Waals surface area contributed by atoms with Crippen molar-refractivity contribution in [1.29, 1.82) is 0 Å². The van der Waals surface area contributed by atoms with Crippen LogP contribution in [-0.2, 0) is 4.79 Å². The van der Waals surface area contributed by atoms with Crippen molar-refractivity contribution in [1.82, 2.24) is 0 Å². The fraction of sp³-hybridized carbons (Fsp3) is 0.417. The van der Waals surface area contributed by atoms with Crippen molar-refractivity contribution >= 4 is 5.97 Å². The van der Waals surface area contributed by atoms with Crippen molar-refractivity contribution in [3.63, 3.8) is 0 Å². The zero-order valence-electron chi connectivity index (χ0n) is 7.81. The van der Waals surface area contributed by atoms with Crippen LogP contribution in [0.4, 0.5) is 0 Å². The van der Waals surface area contributed by atoms with E-state index < -0.39 is 5.97 Å². The Kier molecular flexibility index (Phi) is 1.49. The van der Waals surface area contributed by atoms with Crippen LogP contribution in [0.15, 0.2) is 24.3 Å². The van der Waals surface area contributed by atoms with Crippen LogP contribution < -0.4 is 0 Å². The van der Waals surface area contributed by atoms with Crippen molar-refractivity contribution < 1.29 is 9.90 Å². The van der Waals surface area contributed by atoms with Crippen LogP contribution in [0.2, 0.25) is 0 Å².